The van der Waals surface area contributed by atoms with Crippen molar-refractivity contribution in [3.05, 3.63) is 63.8 Å². The third-order valence-electron chi connectivity index (χ3n) is 3.76. The Labute approximate surface area is 140 Å². The number of nitriles is 1. The summed E-state index contributed by atoms with van der Waals surface area (Å²) in [6.07, 6.45) is -4.49. The molecule has 1 aromatic heterocycles. The van der Waals surface area contributed by atoms with Gasteiger partial charge in [-0.1, -0.05) is 17.7 Å². The highest BCUT2D eigenvalue weighted by Gasteiger charge is 2.33. The number of alkyl halides is 3. The van der Waals surface area contributed by atoms with Gasteiger partial charge in [-0.15, -0.1) is 0 Å². The molecule has 24 heavy (non-hydrogen) atoms. The van der Waals surface area contributed by atoms with Crippen molar-refractivity contribution in [1.29, 1.82) is 5.26 Å². The molecule has 7 heteroatoms. The first-order chi connectivity index (χ1) is 11.3. The lowest BCUT2D eigenvalue weighted by atomic mass is 10.1. The second-order valence-electron chi connectivity index (χ2n) is 5.39. The topological polar surface area (TPSA) is 41.6 Å². The Morgan fingerprint density at radius 1 is 1.21 bits per heavy atom. The lowest BCUT2D eigenvalue weighted by Crippen LogP contribution is -2.12. The fraction of sp³-hybridized carbons (Fsp3) is 0.176. The van der Waals surface area contributed by atoms with Gasteiger partial charge in [-0.25, -0.2) is 0 Å². The van der Waals surface area contributed by atoms with E-state index in [2.05, 4.69) is 5.10 Å². The van der Waals surface area contributed by atoms with Gasteiger partial charge in [0.2, 0.25) is 0 Å². The molecule has 3 nitrogen and oxygen atoms in total. The van der Waals surface area contributed by atoms with Gasteiger partial charge in [0.1, 0.15) is 0 Å². The maximum Gasteiger partial charge on any atom is 0.416 e. The molecule has 0 bridgehead atoms. The Kier molecular flexibility index (Phi) is 3.98. The van der Waals surface area contributed by atoms with Crippen molar-refractivity contribution in [2.75, 3.05) is 0 Å². The average molecular weight is 350 g/mol. The standard InChI is InChI=1S/C17H11ClF3N3/c1-10-14-6-11(8-22)2-5-16(14)24(23-10)9-12-3-4-13(18)7-15(12)17(19,20)21/h2-7H,9H2,1H3. The van der Waals surface area contributed by atoms with Crippen LogP contribution < -0.4 is 0 Å². The van der Waals surface area contributed by atoms with E-state index in [9.17, 15) is 13.2 Å². The van der Waals surface area contributed by atoms with Gasteiger partial charge in [0.25, 0.3) is 0 Å². The number of hydrogen-bond acceptors (Lipinski definition) is 2. The zero-order valence-corrected chi connectivity index (χ0v) is 13.3. The summed E-state index contributed by atoms with van der Waals surface area (Å²) in [6.45, 7) is 1.72. The summed E-state index contributed by atoms with van der Waals surface area (Å²) in [4.78, 5) is 0. The molecular formula is C17H11ClF3N3. The van der Waals surface area contributed by atoms with Crippen LogP contribution in [0.1, 0.15) is 22.4 Å². The van der Waals surface area contributed by atoms with Crippen LogP contribution in [0, 0.1) is 18.3 Å². The third kappa shape index (κ3) is 2.95. The lowest BCUT2D eigenvalue weighted by molar-refractivity contribution is -0.138. The zero-order valence-electron chi connectivity index (χ0n) is 12.5. The van der Waals surface area contributed by atoms with E-state index < -0.39 is 11.7 Å². The van der Waals surface area contributed by atoms with Crippen LogP contribution in [-0.2, 0) is 12.7 Å². The Morgan fingerprint density at radius 3 is 2.62 bits per heavy atom. The normalized spacial score (nSPS) is 11.7. The number of hydrogen-bond donors (Lipinski definition) is 0. The van der Waals surface area contributed by atoms with Gasteiger partial charge >= 0.3 is 6.18 Å². The van der Waals surface area contributed by atoms with E-state index in [1.165, 1.54) is 16.8 Å². The molecule has 0 aliphatic rings. The van der Waals surface area contributed by atoms with E-state index >= 15 is 0 Å². The first kappa shape index (κ1) is 16.3. The first-order valence-corrected chi connectivity index (χ1v) is 7.40. The van der Waals surface area contributed by atoms with Gasteiger partial charge in [0.15, 0.2) is 0 Å². The molecule has 3 rings (SSSR count). The first-order valence-electron chi connectivity index (χ1n) is 7.02. The summed E-state index contributed by atoms with van der Waals surface area (Å²) < 4.78 is 41.2. The van der Waals surface area contributed by atoms with E-state index in [1.54, 1.807) is 25.1 Å². The Bertz CT molecular complexity index is 968. The van der Waals surface area contributed by atoms with Crippen LogP contribution in [-0.4, -0.2) is 9.78 Å². The number of benzene rings is 2. The molecule has 0 amide bonds. The summed E-state index contributed by atoms with van der Waals surface area (Å²) in [6, 6.07) is 10.7. The minimum absolute atomic E-state index is 0.0336. The van der Waals surface area contributed by atoms with Crippen LogP contribution in [0.5, 0.6) is 0 Å². The van der Waals surface area contributed by atoms with Gasteiger partial charge in [0, 0.05) is 10.4 Å². The van der Waals surface area contributed by atoms with Crippen LogP contribution in [0.15, 0.2) is 36.4 Å². The lowest BCUT2D eigenvalue weighted by Gasteiger charge is -2.14. The molecule has 0 unspecified atom stereocenters. The molecule has 0 aliphatic heterocycles. The van der Waals surface area contributed by atoms with Crippen LogP contribution in [0.25, 0.3) is 10.9 Å². The average Bonchev–Trinajstić information content (AvgIpc) is 2.83. The summed E-state index contributed by atoms with van der Waals surface area (Å²) >= 11 is 5.71. The van der Waals surface area contributed by atoms with Crippen molar-refractivity contribution in [2.45, 2.75) is 19.6 Å². The predicted octanol–water partition coefficient (Wildman–Crippen LogP) is 4.94. The summed E-state index contributed by atoms with van der Waals surface area (Å²) in [7, 11) is 0. The third-order valence-corrected chi connectivity index (χ3v) is 4.00. The summed E-state index contributed by atoms with van der Waals surface area (Å²) in [5, 5.41) is 14.1. The van der Waals surface area contributed by atoms with Gasteiger partial charge in [-0.05, 0) is 42.8 Å². The molecule has 2 aromatic carbocycles. The second kappa shape index (κ2) is 5.84. The molecule has 0 atom stereocenters. The number of nitrogens with zero attached hydrogens (tertiary/aromatic N) is 3. The minimum atomic E-state index is -4.49. The SMILES string of the molecule is Cc1nn(Cc2ccc(Cl)cc2C(F)(F)F)c2ccc(C#N)cc12. The maximum absolute atomic E-state index is 13.2. The predicted molar refractivity (Wildman–Crippen MR) is 84.7 cm³/mol. The molecule has 1 heterocycles. The van der Waals surface area contributed by atoms with Gasteiger partial charge in [-0.3, -0.25) is 4.68 Å². The Hall–Kier alpha value is -2.52. The fourth-order valence-electron chi connectivity index (χ4n) is 2.64. The van der Waals surface area contributed by atoms with Gasteiger partial charge in [0.05, 0.1) is 35.0 Å². The smallest absolute Gasteiger partial charge is 0.260 e. The molecule has 0 aliphatic carbocycles. The Morgan fingerprint density at radius 2 is 1.96 bits per heavy atom. The molecule has 0 N–H and O–H groups in total. The van der Waals surface area contributed by atoms with Crippen molar-refractivity contribution in [3.63, 3.8) is 0 Å². The van der Waals surface area contributed by atoms with Crippen LogP contribution in [0.2, 0.25) is 5.02 Å². The molecule has 3 aromatic rings. The van der Waals surface area contributed by atoms with Gasteiger partial charge < -0.3 is 0 Å². The Balaban J connectivity index is 2.10. The number of aryl methyl sites for hydroxylation is 1. The van der Waals surface area contributed by atoms with Gasteiger partial charge in [-0.2, -0.15) is 23.5 Å². The van der Waals surface area contributed by atoms with Crippen LogP contribution >= 0.6 is 11.6 Å². The zero-order chi connectivity index (χ0) is 17.5. The number of fused-ring (bicyclic) bond motifs is 1. The van der Waals surface area contributed by atoms with Crippen molar-refractivity contribution in [3.8, 4) is 6.07 Å². The van der Waals surface area contributed by atoms with Crippen LogP contribution in [0.3, 0.4) is 0 Å². The maximum atomic E-state index is 13.2. The summed E-state index contributed by atoms with van der Waals surface area (Å²) in [5.74, 6) is 0. The monoisotopic (exact) mass is 349 g/mol. The van der Waals surface area contributed by atoms with E-state index in [4.69, 9.17) is 16.9 Å². The van der Waals surface area contributed by atoms with Crippen LogP contribution in [0.4, 0.5) is 13.2 Å². The van der Waals surface area contributed by atoms with E-state index in [1.807, 2.05) is 6.07 Å². The fourth-order valence-corrected chi connectivity index (χ4v) is 2.81. The second-order valence-corrected chi connectivity index (χ2v) is 5.82. The molecule has 0 fully saturated rings. The highest BCUT2D eigenvalue weighted by Crippen LogP contribution is 2.34. The van der Waals surface area contributed by atoms with Crippen molar-refractivity contribution < 1.29 is 13.2 Å². The molecule has 0 radical (unpaired) electrons. The highest BCUT2D eigenvalue weighted by molar-refractivity contribution is 6.30. The quantitative estimate of drug-likeness (QED) is 0.657. The number of rotatable bonds is 2. The molecule has 0 spiro atoms. The molecule has 0 saturated carbocycles. The van der Waals surface area contributed by atoms with E-state index in [0.717, 1.165) is 11.5 Å². The minimum Gasteiger partial charge on any atom is -0.260 e. The molecule has 122 valence electrons. The number of halogens is 4. The van der Waals surface area contributed by atoms with E-state index in [0.29, 0.717) is 16.8 Å². The number of aromatic nitrogens is 2. The summed E-state index contributed by atoms with van der Waals surface area (Å²) in [5.41, 5.74) is 1.12. The highest BCUT2D eigenvalue weighted by atomic mass is 35.5. The molecular weight excluding hydrogens is 339 g/mol. The van der Waals surface area contributed by atoms with Crippen molar-refractivity contribution in [2.24, 2.45) is 0 Å². The van der Waals surface area contributed by atoms with Crippen molar-refractivity contribution in [1.82, 2.24) is 9.78 Å². The van der Waals surface area contributed by atoms with E-state index in [-0.39, 0.29) is 17.1 Å². The molecule has 0 saturated heterocycles. The largest absolute Gasteiger partial charge is 0.416 e. The van der Waals surface area contributed by atoms with Crippen molar-refractivity contribution >= 4 is 22.5 Å².